The van der Waals surface area contributed by atoms with E-state index in [9.17, 15) is 9.90 Å². The van der Waals surface area contributed by atoms with Crippen molar-refractivity contribution in [3.63, 3.8) is 0 Å². The first-order valence-electron chi connectivity index (χ1n) is 6.64. The summed E-state index contributed by atoms with van der Waals surface area (Å²) in [6.45, 7) is 0.633. The van der Waals surface area contributed by atoms with Gasteiger partial charge in [0.2, 0.25) is 0 Å². The third kappa shape index (κ3) is 2.88. The van der Waals surface area contributed by atoms with Crippen LogP contribution in [0.5, 0.6) is 0 Å². The molecule has 1 aliphatic rings. The summed E-state index contributed by atoms with van der Waals surface area (Å²) in [5.74, 6) is 0.716. The van der Waals surface area contributed by atoms with Gasteiger partial charge in [0, 0.05) is 18.8 Å². The molecule has 0 bridgehead atoms. The van der Waals surface area contributed by atoms with Gasteiger partial charge in [-0.1, -0.05) is 19.3 Å². The lowest BCUT2D eigenvalue weighted by atomic mass is 9.94. The molecule has 0 aliphatic heterocycles. The van der Waals surface area contributed by atoms with E-state index in [-0.39, 0.29) is 6.61 Å². The molecule has 1 fully saturated rings. The Bertz CT molecular complexity index is 389. The number of rotatable bonds is 5. The predicted octanol–water partition coefficient (Wildman–Crippen LogP) is 2.03. The van der Waals surface area contributed by atoms with Gasteiger partial charge in [-0.25, -0.2) is 4.98 Å². The summed E-state index contributed by atoms with van der Waals surface area (Å²) in [6.07, 6.45) is 8.51. The van der Waals surface area contributed by atoms with Crippen LogP contribution < -0.4 is 4.90 Å². The molecule has 0 aromatic carbocycles. The van der Waals surface area contributed by atoms with Gasteiger partial charge in [-0.15, -0.1) is 0 Å². The summed E-state index contributed by atoms with van der Waals surface area (Å²) >= 11 is 0. The minimum atomic E-state index is 0.0887. The van der Waals surface area contributed by atoms with Crippen molar-refractivity contribution >= 4 is 12.1 Å². The van der Waals surface area contributed by atoms with E-state index < -0.39 is 0 Å². The van der Waals surface area contributed by atoms with Crippen LogP contribution in [0.1, 0.15) is 42.5 Å². The van der Waals surface area contributed by atoms with E-state index in [1.165, 1.54) is 19.3 Å². The summed E-state index contributed by atoms with van der Waals surface area (Å²) < 4.78 is 0. The first kappa shape index (κ1) is 13.0. The Hall–Kier alpha value is -1.42. The quantitative estimate of drug-likeness (QED) is 0.810. The Labute approximate surface area is 108 Å². The summed E-state index contributed by atoms with van der Waals surface area (Å²) in [5, 5.41) is 9.23. The Morgan fingerprint density at radius 2 is 2.17 bits per heavy atom. The van der Waals surface area contributed by atoms with Crippen LogP contribution in [0.2, 0.25) is 0 Å². The lowest BCUT2D eigenvalue weighted by Crippen LogP contribution is -2.40. The van der Waals surface area contributed by atoms with E-state index in [0.29, 0.717) is 24.0 Å². The van der Waals surface area contributed by atoms with Crippen molar-refractivity contribution in [3.8, 4) is 0 Å². The monoisotopic (exact) mass is 248 g/mol. The van der Waals surface area contributed by atoms with Crippen molar-refractivity contribution < 1.29 is 9.90 Å². The van der Waals surface area contributed by atoms with Crippen molar-refractivity contribution in [2.75, 3.05) is 18.1 Å². The zero-order chi connectivity index (χ0) is 12.8. The summed E-state index contributed by atoms with van der Waals surface area (Å²) in [7, 11) is 0. The molecule has 0 atom stereocenters. The molecule has 0 spiro atoms. The summed E-state index contributed by atoms with van der Waals surface area (Å²) in [4.78, 5) is 17.5. The maximum absolute atomic E-state index is 11.1. The molecule has 1 heterocycles. The normalized spacial score (nSPS) is 16.5. The molecule has 18 heavy (non-hydrogen) atoms. The maximum Gasteiger partial charge on any atom is 0.153 e. The van der Waals surface area contributed by atoms with Crippen LogP contribution in [0, 0.1) is 0 Å². The largest absolute Gasteiger partial charge is 0.395 e. The SMILES string of the molecule is O=Cc1cccnc1N(CCO)C1CCCCC1. The fourth-order valence-electron chi connectivity index (χ4n) is 2.70. The molecule has 1 N–H and O–H groups in total. The molecule has 0 amide bonds. The van der Waals surface area contributed by atoms with Crippen LogP contribution >= 0.6 is 0 Å². The zero-order valence-corrected chi connectivity index (χ0v) is 10.6. The molecule has 0 unspecified atom stereocenters. The van der Waals surface area contributed by atoms with Crippen molar-refractivity contribution in [1.29, 1.82) is 0 Å². The fourth-order valence-corrected chi connectivity index (χ4v) is 2.70. The first-order valence-corrected chi connectivity index (χ1v) is 6.64. The Kier molecular flexibility index (Phi) is 4.70. The average molecular weight is 248 g/mol. The predicted molar refractivity (Wildman–Crippen MR) is 70.9 cm³/mol. The molecular weight excluding hydrogens is 228 g/mol. The van der Waals surface area contributed by atoms with Crippen molar-refractivity contribution in [3.05, 3.63) is 23.9 Å². The number of nitrogens with zero attached hydrogens (tertiary/aromatic N) is 2. The highest BCUT2D eigenvalue weighted by atomic mass is 16.3. The molecule has 0 saturated heterocycles. The summed E-state index contributed by atoms with van der Waals surface area (Å²) in [5.41, 5.74) is 0.608. The molecule has 1 aromatic heterocycles. The van der Waals surface area contributed by atoms with Crippen molar-refractivity contribution in [1.82, 2.24) is 4.98 Å². The third-order valence-electron chi connectivity index (χ3n) is 3.57. The first-order chi connectivity index (χ1) is 8.86. The minimum Gasteiger partial charge on any atom is -0.395 e. The van der Waals surface area contributed by atoms with Crippen LogP contribution in [0.3, 0.4) is 0 Å². The van der Waals surface area contributed by atoms with E-state index >= 15 is 0 Å². The molecule has 1 aromatic rings. The number of aromatic nitrogens is 1. The highest BCUT2D eigenvalue weighted by Gasteiger charge is 2.23. The second kappa shape index (κ2) is 6.50. The number of carbonyl (C=O) groups excluding carboxylic acids is 1. The topological polar surface area (TPSA) is 53.4 Å². The van der Waals surface area contributed by atoms with Crippen LogP contribution in [-0.2, 0) is 0 Å². The van der Waals surface area contributed by atoms with E-state index in [0.717, 1.165) is 19.1 Å². The third-order valence-corrected chi connectivity index (χ3v) is 3.57. The smallest absolute Gasteiger partial charge is 0.153 e. The number of pyridine rings is 1. The van der Waals surface area contributed by atoms with Crippen molar-refractivity contribution in [2.24, 2.45) is 0 Å². The highest BCUT2D eigenvalue weighted by molar-refractivity contribution is 5.82. The number of hydrogen-bond acceptors (Lipinski definition) is 4. The number of anilines is 1. The van der Waals surface area contributed by atoms with Gasteiger partial charge < -0.3 is 10.0 Å². The fraction of sp³-hybridized carbons (Fsp3) is 0.571. The molecule has 4 nitrogen and oxygen atoms in total. The molecule has 98 valence electrons. The average Bonchev–Trinajstić information content (AvgIpc) is 2.46. The van der Waals surface area contributed by atoms with Gasteiger partial charge in [-0.05, 0) is 25.0 Å². The van der Waals surface area contributed by atoms with E-state index in [4.69, 9.17) is 0 Å². The lowest BCUT2D eigenvalue weighted by Gasteiger charge is -2.35. The van der Waals surface area contributed by atoms with E-state index in [2.05, 4.69) is 9.88 Å². The molecule has 1 aliphatic carbocycles. The van der Waals surface area contributed by atoms with Crippen LogP contribution in [0.4, 0.5) is 5.82 Å². The molecule has 2 rings (SSSR count). The number of carbonyl (C=O) groups is 1. The van der Waals surface area contributed by atoms with Crippen LogP contribution in [0.25, 0.3) is 0 Å². The molecule has 0 radical (unpaired) electrons. The zero-order valence-electron chi connectivity index (χ0n) is 10.6. The van der Waals surface area contributed by atoms with Gasteiger partial charge in [0.15, 0.2) is 6.29 Å². The Balaban J connectivity index is 2.24. The number of hydrogen-bond donors (Lipinski definition) is 1. The van der Waals surface area contributed by atoms with Gasteiger partial charge in [0.25, 0.3) is 0 Å². The number of aliphatic hydroxyl groups excluding tert-OH is 1. The second-order valence-electron chi connectivity index (χ2n) is 4.74. The lowest BCUT2D eigenvalue weighted by molar-refractivity contribution is 0.112. The highest BCUT2D eigenvalue weighted by Crippen LogP contribution is 2.27. The number of aliphatic hydroxyl groups is 1. The van der Waals surface area contributed by atoms with Crippen molar-refractivity contribution in [2.45, 2.75) is 38.1 Å². The molecular formula is C14H20N2O2. The van der Waals surface area contributed by atoms with E-state index in [1.807, 2.05) is 0 Å². The van der Waals surface area contributed by atoms with Gasteiger partial charge in [-0.2, -0.15) is 0 Å². The van der Waals surface area contributed by atoms with E-state index in [1.54, 1.807) is 18.3 Å². The minimum absolute atomic E-state index is 0.0887. The summed E-state index contributed by atoms with van der Waals surface area (Å²) in [6, 6.07) is 3.95. The standard InChI is InChI=1S/C14H20N2O2/c17-10-9-16(13-6-2-1-3-7-13)14-12(11-18)5-4-8-15-14/h4-5,8,11,13,17H,1-3,6-7,9-10H2. The van der Waals surface area contributed by atoms with Gasteiger partial charge in [-0.3, -0.25) is 4.79 Å². The maximum atomic E-state index is 11.1. The van der Waals surface area contributed by atoms with Crippen LogP contribution in [-0.4, -0.2) is 35.6 Å². The van der Waals surface area contributed by atoms with Gasteiger partial charge in [0.05, 0.1) is 12.2 Å². The second-order valence-corrected chi connectivity index (χ2v) is 4.74. The Morgan fingerprint density at radius 1 is 1.39 bits per heavy atom. The number of aldehydes is 1. The Morgan fingerprint density at radius 3 is 2.83 bits per heavy atom. The molecule has 1 saturated carbocycles. The van der Waals surface area contributed by atoms with Gasteiger partial charge >= 0.3 is 0 Å². The van der Waals surface area contributed by atoms with Gasteiger partial charge in [0.1, 0.15) is 5.82 Å². The van der Waals surface area contributed by atoms with Crippen LogP contribution in [0.15, 0.2) is 18.3 Å². The molecule has 4 heteroatoms.